The molecule has 7 rings (SSSR count). The van der Waals surface area contributed by atoms with E-state index in [0.29, 0.717) is 24.3 Å². The lowest BCUT2D eigenvalue weighted by Crippen LogP contribution is -2.48. The monoisotopic (exact) mass is 379 g/mol. The molecule has 3 saturated heterocycles. The van der Waals surface area contributed by atoms with Crippen molar-refractivity contribution >= 4 is 5.69 Å². The molecule has 0 aromatic heterocycles. The Morgan fingerprint density at radius 3 is 2.41 bits per heavy atom. The first-order valence-electron chi connectivity index (χ1n) is 10.8. The molecule has 0 amide bonds. The first-order chi connectivity index (χ1) is 14.4. The number of hydrogen-bond acceptors (Lipinski definition) is 3. The number of benzene rings is 3. The number of para-hydroxylation sites is 1. The van der Waals surface area contributed by atoms with Crippen molar-refractivity contribution in [2.24, 2.45) is 0 Å². The Bertz CT molecular complexity index is 1070. The van der Waals surface area contributed by atoms with Crippen LogP contribution in [0.5, 0.6) is 0 Å². The van der Waals surface area contributed by atoms with Crippen molar-refractivity contribution < 1.29 is 0 Å². The van der Waals surface area contributed by atoms with Gasteiger partial charge < -0.3 is 5.32 Å². The number of anilines is 1. The van der Waals surface area contributed by atoms with Gasteiger partial charge in [0.25, 0.3) is 0 Å². The Hall–Kier alpha value is -2.62. The number of likely N-dealkylation sites (tertiary alicyclic amines) is 1. The molecule has 3 heteroatoms. The van der Waals surface area contributed by atoms with E-state index in [4.69, 9.17) is 0 Å². The number of piperidine rings is 1. The highest BCUT2D eigenvalue weighted by molar-refractivity contribution is 5.66. The lowest BCUT2D eigenvalue weighted by atomic mass is 9.73. The number of fused-ring (bicyclic) bond motifs is 4. The highest BCUT2D eigenvalue weighted by atomic mass is 15.5. The first kappa shape index (κ1) is 16.2. The van der Waals surface area contributed by atoms with Gasteiger partial charge in [-0.25, -0.2) is 0 Å². The molecular formula is C26H25N3. The van der Waals surface area contributed by atoms with Crippen molar-refractivity contribution in [1.29, 1.82) is 0 Å². The molecule has 0 bridgehead atoms. The summed E-state index contributed by atoms with van der Waals surface area (Å²) in [6.07, 6.45) is 1.66. The van der Waals surface area contributed by atoms with E-state index in [-0.39, 0.29) is 5.41 Å². The summed E-state index contributed by atoms with van der Waals surface area (Å²) < 4.78 is 0. The fraction of sp³-hybridized carbons (Fsp3) is 0.308. The summed E-state index contributed by atoms with van der Waals surface area (Å²) in [5.41, 5.74) is 6.01. The predicted octanol–water partition coefficient (Wildman–Crippen LogP) is 4.39. The lowest BCUT2D eigenvalue weighted by molar-refractivity contribution is 0.206. The number of hydrogen-bond donors (Lipinski definition) is 1. The van der Waals surface area contributed by atoms with Gasteiger partial charge in [-0.3, -0.25) is 9.80 Å². The second-order valence-electron chi connectivity index (χ2n) is 9.08. The second kappa shape index (κ2) is 5.71. The minimum Gasteiger partial charge on any atom is -0.368 e. The first-order valence-corrected chi connectivity index (χ1v) is 10.8. The molecule has 0 saturated carbocycles. The molecule has 144 valence electrons. The quantitative estimate of drug-likeness (QED) is 0.681. The van der Waals surface area contributed by atoms with Crippen LogP contribution in [0.25, 0.3) is 0 Å². The minimum atomic E-state index is 0.224. The summed E-state index contributed by atoms with van der Waals surface area (Å²) >= 11 is 0. The van der Waals surface area contributed by atoms with Crippen molar-refractivity contribution in [3.05, 3.63) is 102 Å². The van der Waals surface area contributed by atoms with Gasteiger partial charge >= 0.3 is 0 Å². The van der Waals surface area contributed by atoms with Crippen LogP contribution < -0.4 is 5.32 Å². The standard InChI is InChI=1S/C26H25N3/c1-3-9-18(10-4-1)17-28-16-15-26-20-13-7-8-14-21(20)27-25(26)29-22(23(29)24(26)28)19-11-5-2-6-12-19/h1-14,22-25,27H,15-17H2/t22?,23-,24-,25-,26+,29?/m1/s1. The normalized spacial score (nSPS) is 36.1. The predicted molar refractivity (Wildman–Crippen MR) is 116 cm³/mol. The zero-order valence-electron chi connectivity index (χ0n) is 16.4. The summed E-state index contributed by atoms with van der Waals surface area (Å²) in [6.45, 7) is 2.23. The van der Waals surface area contributed by atoms with Gasteiger partial charge in [0.2, 0.25) is 0 Å². The van der Waals surface area contributed by atoms with Crippen LogP contribution in [0.1, 0.15) is 29.2 Å². The average Bonchev–Trinajstić information content (AvgIpc) is 3.08. The molecule has 4 aliphatic rings. The third-order valence-electron chi connectivity index (χ3n) is 7.83. The summed E-state index contributed by atoms with van der Waals surface area (Å²) in [6, 6.07) is 32.9. The van der Waals surface area contributed by atoms with E-state index in [1.54, 1.807) is 5.56 Å². The van der Waals surface area contributed by atoms with E-state index >= 15 is 0 Å². The van der Waals surface area contributed by atoms with E-state index in [0.717, 1.165) is 6.54 Å². The van der Waals surface area contributed by atoms with Crippen LogP contribution in [0, 0.1) is 0 Å². The van der Waals surface area contributed by atoms with E-state index < -0.39 is 0 Å². The zero-order valence-corrected chi connectivity index (χ0v) is 16.4. The largest absolute Gasteiger partial charge is 0.368 e. The van der Waals surface area contributed by atoms with Gasteiger partial charge in [-0.05, 0) is 35.7 Å². The van der Waals surface area contributed by atoms with Crippen LogP contribution in [0.15, 0.2) is 84.9 Å². The fourth-order valence-corrected chi connectivity index (χ4v) is 6.78. The van der Waals surface area contributed by atoms with Crippen LogP contribution in [-0.4, -0.2) is 34.6 Å². The maximum atomic E-state index is 3.93. The van der Waals surface area contributed by atoms with E-state index in [2.05, 4.69) is 100 Å². The maximum absolute atomic E-state index is 3.93. The van der Waals surface area contributed by atoms with Crippen LogP contribution >= 0.6 is 0 Å². The molecule has 3 nitrogen and oxygen atoms in total. The van der Waals surface area contributed by atoms with E-state index in [1.807, 2.05) is 0 Å². The van der Waals surface area contributed by atoms with Crippen LogP contribution in [-0.2, 0) is 12.0 Å². The Labute approximate surface area is 172 Å². The van der Waals surface area contributed by atoms with Gasteiger partial charge in [-0.2, -0.15) is 0 Å². The summed E-state index contributed by atoms with van der Waals surface area (Å²) in [5.74, 6) is 0. The van der Waals surface area contributed by atoms with Crippen LogP contribution in [0.2, 0.25) is 0 Å². The molecule has 3 fully saturated rings. The molecule has 3 aromatic carbocycles. The van der Waals surface area contributed by atoms with E-state index in [9.17, 15) is 0 Å². The van der Waals surface area contributed by atoms with Crippen molar-refractivity contribution in [2.45, 2.75) is 42.7 Å². The van der Waals surface area contributed by atoms with Crippen LogP contribution in [0.4, 0.5) is 5.69 Å². The van der Waals surface area contributed by atoms with E-state index in [1.165, 1.54) is 29.8 Å². The Kier molecular flexibility index (Phi) is 3.19. The third-order valence-corrected chi connectivity index (χ3v) is 7.83. The topological polar surface area (TPSA) is 18.3 Å². The Balaban J connectivity index is 1.32. The van der Waals surface area contributed by atoms with Gasteiger partial charge in [0.15, 0.2) is 0 Å². The Morgan fingerprint density at radius 2 is 1.59 bits per heavy atom. The SMILES string of the molecule is c1ccc(CN2CC[C@@]34c5ccccc5N[C@@H]3N3C(c5ccccc5)[C@@H]3[C@@H]24)cc1. The minimum absolute atomic E-state index is 0.224. The molecule has 0 aliphatic carbocycles. The Morgan fingerprint density at radius 1 is 0.862 bits per heavy atom. The number of nitrogens with zero attached hydrogens (tertiary/aromatic N) is 2. The average molecular weight is 380 g/mol. The van der Waals surface area contributed by atoms with Crippen molar-refractivity contribution in [3.8, 4) is 0 Å². The lowest BCUT2D eigenvalue weighted by Gasteiger charge is -2.36. The van der Waals surface area contributed by atoms with Crippen molar-refractivity contribution in [3.63, 3.8) is 0 Å². The third kappa shape index (κ3) is 2.04. The summed E-state index contributed by atoms with van der Waals surface area (Å²) in [7, 11) is 0. The fourth-order valence-electron chi connectivity index (χ4n) is 6.78. The zero-order chi connectivity index (χ0) is 19.0. The highest BCUT2D eigenvalue weighted by Gasteiger charge is 2.76. The van der Waals surface area contributed by atoms with Gasteiger partial charge in [0.05, 0.1) is 12.2 Å². The van der Waals surface area contributed by atoms with Gasteiger partial charge in [-0.15, -0.1) is 0 Å². The number of nitrogens with one attached hydrogen (secondary N) is 1. The molecule has 4 aliphatic heterocycles. The summed E-state index contributed by atoms with van der Waals surface area (Å²) in [5, 5.41) is 3.93. The smallest absolute Gasteiger partial charge is 0.0918 e. The molecular weight excluding hydrogens is 354 g/mol. The number of rotatable bonds is 3. The van der Waals surface area contributed by atoms with Crippen molar-refractivity contribution in [1.82, 2.24) is 9.80 Å². The highest BCUT2D eigenvalue weighted by Crippen LogP contribution is 2.67. The maximum Gasteiger partial charge on any atom is 0.0918 e. The van der Waals surface area contributed by atoms with Crippen molar-refractivity contribution in [2.75, 3.05) is 11.9 Å². The molecule has 3 aromatic rings. The summed E-state index contributed by atoms with van der Waals surface area (Å²) in [4.78, 5) is 5.54. The second-order valence-corrected chi connectivity index (χ2v) is 9.08. The molecule has 1 N–H and O–H groups in total. The van der Waals surface area contributed by atoms with Gasteiger partial charge in [0.1, 0.15) is 0 Å². The van der Waals surface area contributed by atoms with Crippen LogP contribution in [0.3, 0.4) is 0 Å². The molecule has 29 heavy (non-hydrogen) atoms. The van der Waals surface area contributed by atoms with Gasteiger partial charge in [-0.1, -0.05) is 78.9 Å². The molecule has 4 heterocycles. The molecule has 0 radical (unpaired) electrons. The van der Waals surface area contributed by atoms with Gasteiger partial charge in [0, 0.05) is 29.7 Å². The molecule has 1 spiro atoms. The molecule has 6 atom stereocenters. The molecule has 2 unspecified atom stereocenters.